The number of hydrogen-bond donors (Lipinski definition) is 1. The molecule has 2 atom stereocenters. The lowest BCUT2D eigenvalue weighted by atomic mass is 10.0. The van der Waals surface area contributed by atoms with Gasteiger partial charge < -0.3 is 18.9 Å². The summed E-state index contributed by atoms with van der Waals surface area (Å²) >= 11 is 0. The number of phosphoric acid groups is 1. The molecule has 2 unspecified atom stereocenters. The maximum atomic E-state index is 12.8. The molecule has 0 aromatic heterocycles. The normalized spacial score (nSPS) is 13.6. The van der Waals surface area contributed by atoms with Gasteiger partial charge in [-0.15, -0.1) is 0 Å². The molecule has 9 nitrogen and oxygen atoms in total. The van der Waals surface area contributed by atoms with Crippen molar-refractivity contribution in [2.75, 3.05) is 47.5 Å². The van der Waals surface area contributed by atoms with Crippen molar-refractivity contribution in [1.29, 1.82) is 0 Å². The Morgan fingerprint density at radius 3 is 1.08 bits per heavy atom. The first-order valence-corrected chi connectivity index (χ1v) is 33.0. The van der Waals surface area contributed by atoms with E-state index in [1.54, 1.807) is 0 Å². The monoisotopic (exact) mass is 1070 g/mol. The molecular formula is C65H121NO8P+. The summed E-state index contributed by atoms with van der Waals surface area (Å²) in [7, 11) is 1.48. The predicted molar refractivity (Wildman–Crippen MR) is 321 cm³/mol. The fraction of sp³-hybridized carbons (Fsp3) is 0.815. The predicted octanol–water partition coefficient (Wildman–Crippen LogP) is 19.9. The van der Waals surface area contributed by atoms with Gasteiger partial charge in [-0.25, -0.2) is 4.57 Å². The number of carbonyl (C=O) groups is 2. The van der Waals surface area contributed by atoms with E-state index in [0.29, 0.717) is 17.4 Å². The minimum atomic E-state index is -4.39. The molecule has 0 rings (SSSR count). The Morgan fingerprint density at radius 2 is 0.720 bits per heavy atom. The van der Waals surface area contributed by atoms with Gasteiger partial charge in [0.05, 0.1) is 27.7 Å². The van der Waals surface area contributed by atoms with E-state index in [9.17, 15) is 19.0 Å². The van der Waals surface area contributed by atoms with Crippen LogP contribution in [-0.2, 0) is 32.7 Å². The average Bonchev–Trinajstić information content (AvgIpc) is 3.37. The van der Waals surface area contributed by atoms with Gasteiger partial charge in [0, 0.05) is 12.8 Å². The molecular weight excluding hydrogens is 954 g/mol. The first kappa shape index (κ1) is 72.7. The SMILES string of the molecule is CCCCCC/C=C\C/C=C\CCCCCCCCCC(=O)OCC(COP(=O)(O)OCC[N+](C)(C)C)OC(=O)CCCCCCCCCCCCCCCCCCCC/C=C\C/C=C\C/C=C\CCCCCCC. The summed E-state index contributed by atoms with van der Waals surface area (Å²) in [5, 5.41) is 0. The first-order chi connectivity index (χ1) is 36.5. The molecule has 1 N–H and O–H groups in total. The molecule has 438 valence electrons. The molecule has 0 aliphatic heterocycles. The fourth-order valence-electron chi connectivity index (χ4n) is 8.88. The van der Waals surface area contributed by atoms with E-state index in [4.69, 9.17) is 18.5 Å². The van der Waals surface area contributed by atoms with Crippen molar-refractivity contribution in [2.24, 2.45) is 0 Å². The van der Waals surface area contributed by atoms with Gasteiger partial charge in [-0.05, 0) is 83.5 Å². The van der Waals surface area contributed by atoms with E-state index >= 15 is 0 Å². The number of quaternary nitrogens is 1. The van der Waals surface area contributed by atoms with Gasteiger partial charge in [0.2, 0.25) is 0 Å². The standard InChI is InChI=1S/C65H120NO8P/c1-6-8-10-12-14-16-18-20-22-24-26-27-28-29-30-31-32-33-34-35-36-37-38-39-40-42-44-46-48-50-52-54-56-58-65(68)74-63(62-73-75(69,70)72-60-59-66(3,4)5)61-71-64(67)57-55-53-51-49-47-45-43-41-25-23-21-19-17-15-13-11-9-7-2/h17-20,23-26,28-29,63H,6-16,21-22,27,30-62H2,1-5H3/p+1/b19-17-,20-18-,25-23-,26-24-,29-28-. The van der Waals surface area contributed by atoms with Crippen molar-refractivity contribution in [1.82, 2.24) is 0 Å². The van der Waals surface area contributed by atoms with E-state index in [2.05, 4.69) is 74.6 Å². The zero-order valence-electron chi connectivity index (χ0n) is 49.8. The maximum Gasteiger partial charge on any atom is 0.472 e. The highest BCUT2D eigenvalue weighted by atomic mass is 31.2. The Bertz CT molecular complexity index is 1450. The molecule has 0 amide bonds. The van der Waals surface area contributed by atoms with E-state index in [-0.39, 0.29) is 32.0 Å². The molecule has 0 fully saturated rings. The summed E-state index contributed by atoms with van der Waals surface area (Å²) in [6.07, 6.45) is 73.0. The molecule has 0 bridgehead atoms. The highest BCUT2D eigenvalue weighted by Gasteiger charge is 2.27. The van der Waals surface area contributed by atoms with Crippen LogP contribution in [0.15, 0.2) is 60.8 Å². The zero-order chi connectivity index (χ0) is 54.9. The largest absolute Gasteiger partial charge is 0.472 e. The van der Waals surface area contributed by atoms with Gasteiger partial charge in [0.25, 0.3) is 0 Å². The Labute approximate surface area is 464 Å². The van der Waals surface area contributed by atoms with Crippen LogP contribution in [0.5, 0.6) is 0 Å². The van der Waals surface area contributed by atoms with Crippen LogP contribution in [0.4, 0.5) is 0 Å². The van der Waals surface area contributed by atoms with Crippen LogP contribution >= 0.6 is 7.82 Å². The van der Waals surface area contributed by atoms with E-state index < -0.39 is 26.5 Å². The van der Waals surface area contributed by atoms with E-state index in [1.165, 1.54) is 193 Å². The number of likely N-dealkylation sites (N-methyl/N-ethyl adjacent to an activating group) is 1. The van der Waals surface area contributed by atoms with Gasteiger partial charge >= 0.3 is 19.8 Å². The van der Waals surface area contributed by atoms with Crippen molar-refractivity contribution >= 4 is 19.8 Å². The summed E-state index contributed by atoms with van der Waals surface area (Å²) in [4.78, 5) is 35.7. The molecule has 0 saturated carbocycles. The highest BCUT2D eigenvalue weighted by Crippen LogP contribution is 2.43. The number of allylic oxidation sites excluding steroid dienone is 10. The van der Waals surface area contributed by atoms with Gasteiger partial charge in [0.1, 0.15) is 19.8 Å². The van der Waals surface area contributed by atoms with Crippen LogP contribution in [0.3, 0.4) is 0 Å². The third-order valence-electron chi connectivity index (χ3n) is 13.8. The van der Waals surface area contributed by atoms with Crippen LogP contribution in [0.25, 0.3) is 0 Å². The summed E-state index contributed by atoms with van der Waals surface area (Å²) in [6.45, 7) is 4.43. The van der Waals surface area contributed by atoms with Crippen LogP contribution in [0, 0.1) is 0 Å². The first-order valence-electron chi connectivity index (χ1n) is 31.5. The highest BCUT2D eigenvalue weighted by molar-refractivity contribution is 7.47. The minimum Gasteiger partial charge on any atom is -0.462 e. The molecule has 0 spiro atoms. The maximum absolute atomic E-state index is 12.8. The number of hydrogen-bond acceptors (Lipinski definition) is 7. The molecule has 0 radical (unpaired) electrons. The van der Waals surface area contributed by atoms with Gasteiger partial charge in [0.15, 0.2) is 6.10 Å². The van der Waals surface area contributed by atoms with Crippen molar-refractivity contribution in [3.8, 4) is 0 Å². The third kappa shape index (κ3) is 60.8. The third-order valence-corrected chi connectivity index (χ3v) is 14.8. The van der Waals surface area contributed by atoms with Crippen molar-refractivity contribution in [2.45, 2.75) is 296 Å². The number of esters is 2. The number of phosphoric ester groups is 1. The number of nitrogens with zero attached hydrogens (tertiary/aromatic N) is 1. The number of rotatable bonds is 58. The van der Waals surface area contributed by atoms with Crippen LogP contribution < -0.4 is 0 Å². The number of ether oxygens (including phenoxy) is 2. The molecule has 0 aliphatic carbocycles. The van der Waals surface area contributed by atoms with Crippen LogP contribution in [0.2, 0.25) is 0 Å². The second-order valence-corrected chi connectivity index (χ2v) is 23.9. The van der Waals surface area contributed by atoms with E-state index in [1.807, 2.05) is 21.1 Å². The summed E-state index contributed by atoms with van der Waals surface area (Å²) < 4.78 is 34.6. The summed E-state index contributed by atoms with van der Waals surface area (Å²) in [5.41, 5.74) is 0. The number of carbonyl (C=O) groups excluding carboxylic acids is 2. The van der Waals surface area contributed by atoms with Crippen LogP contribution in [0.1, 0.15) is 290 Å². The molecule has 0 aromatic rings. The van der Waals surface area contributed by atoms with Gasteiger partial charge in [-0.2, -0.15) is 0 Å². The quantitative estimate of drug-likeness (QED) is 0.0211. The minimum absolute atomic E-state index is 0.0300. The second kappa shape index (κ2) is 56.4. The topological polar surface area (TPSA) is 108 Å². The molecule has 0 aliphatic rings. The molecule has 10 heteroatoms. The zero-order valence-corrected chi connectivity index (χ0v) is 50.7. The average molecular weight is 1080 g/mol. The fourth-order valence-corrected chi connectivity index (χ4v) is 9.62. The summed E-state index contributed by atoms with van der Waals surface area (Å²) in [6, 6.07) is 0. The lowest BCUT2D eigenvalue weighted by molar-refractivity contribution is -0.870. The van der Waals surface area contributed by atoms with E-state index in [0.717, 1.165) is 64.2 Å². The van der Waals surface area contributed by atoms with Crippen molar-refractivity contribution in [3.63, 3.8) is 0 Å². The Hall–Kier alpha value is -2.29. The van der Waals surface area contributed by atoms with Crippen molar-refractivity contribution in [3.05, 3.63) is 60.8 Å². The molecule has 75 heavy (non-hydrogen) atoms. The second-order valence-electron chi connectivity index (χ2n) is 22.4. The van der Waals surface area contributed by atoms with Crippen molar-refractivity contribution < 1.29 is 42.1 Å². The Balaban J connectivity index is 4.05. The molecule has 0 heterocycles. The number of unbranched alkanes of at least 4 members (excludes halogenated alkanes) is 34. The molecule has 0 saturated heterocycles. The van der Waals surface area contributed by atoms with Gasteiger partial charge in [-0.3, -0.25) is 18.6 Å². The van der Waals surface area contributed by atoms with Gasteiger partial charge in [-0.1, -0.05) is 254 Å². The molecule has 0 aromatic carbocycles. The summed E-state index contributed by atoms with van der Waals surface area (Å²) in [5.74, 6) is -0.797. The van der Waals surface area contributed by atoms with Crippen LogP contribution in [-0.4, -0.2) is 74.9 Å². The Morgan fingerprint density at radius 1 is 0.413 bits per heavy atom. The lowest BCUT2D eigenvalue weighted by Gasteiger charge is -2.24. The Kier molecular flexibility index (Phi) is 54.7. The lowest BCUT2D eigenvalue weighted by Crippen LogP contribution is -2.37. The smallest absolute Gasteiger partial charge is 0.462 e.